The van der Waals surface area contributed by atoms with Crippen molar-refractivity contribution in [2.75, 3.05) is 17.6 Å². The molecule has 0 radical (unpaired) electrons. The molecule has 2 amide bonds. The highest BCUT2D eigenvalue weighted by Crippen LogP contribution is 2.21. The van der Waals surface area contributed by atoms with Gasteiger partial charge >= 0.3 is 0 Å². The van der Waals surface area contributed by atoms with Gasteiger partial charge in [-0.3, -0.25) is 9.59 Å². The summed E-state index contributed by atoms with van der Waals surface area (Å²) < 4.78 is 0. The normalized spacial score (nSPS) is 19.1. The number of nitrogens with two attached hydrogens (primary N) is 2. The number of piperidine rings is 1. The molecule has 0 aromatic heterocycles. The largest absolute Gasteiger partial charge is 0.399 e. The number of carbonyl (C=O) groups is 2. The van der Waals surface area contributed by atoms with E-state index in [9.17, 15) is 9.59 Å². The van der Waals surface area contributed by atoms with Crippen LogP contribution in [0.15, 0.2) is 18.2 Å². The molecule has 0 aliphatic carbocycles. The van der Waals surface area contributed by atoms with Crippen LogP contribution in [0.25, 0.3) is 0 Å². The Balaban J connectivity index is 2.24. The Morgan fingerprint density at radius 3 is 2.89 bits per heavy atom. The van der Waals surface area contributed by atoms with E-state index in [0.29, 0.717) is 23.5 Å². The van der Waals surface area contributed by atoms with Crippen molar-refractivity contribution in [1.82, 2.24) is 5.32 Å². The van der Waals surface area contributed by atoms with Crippen LogP contribution in [-0.4, -0.2) is 24.4 Å². The first kappa shape index (κ1) is 12.2. The third kappa shape index (κ3) is 2.53. The molecule has 18 heavy (non-hydrogen) atoms. The van der Waals surface area contributed by atoms with E-state index in [4.69, 9.17) is 11.5 Å². The molecule has 1 heterocycles. The summed E-state index contributed by atoms with van der Waals surface area (Å²) in [6.45, 7) is 0.691. The second-order valence-corrected chi connectivity index (χ2v) is 4.30. The molecule has 1 aromatic carbocycles. The van der Waals surface area contributed by atoms with E-state index in [2.05, 4.69) is 10.6 Å². The third-order valence-corrected chi connectivity index (χ3v) is 2.92. The highest BCUT2D eigenvalue weighted by Gasteiger charge is 2.23. The molecule has 1 aliphatic rings. The molecule has 1 saturated heterocycles. The lowest BCUT2D eigenvalue weighted by molar-refractivity contribution is -0.123. The number of hydrogen-bond acceptors (Lipinski definition) is 4. The van der Waals surface area contributed by atoms with Gasteiger partial charge in [0.1, 0.15) is 6.04 Å². The topological polar surface area (TPSA) is 110 Å². The monoisotopic (exact) mass is 248 g/mol. The second-order valence-electron chi connectivity index (χ2n) is 4.30. The van der Waals surface area contributed by atoms with E-state index in [1.165, 1.54) is 0 Å². The van der Waals surface area contributed by atoms with Crippen LogP contribution in [0.1, 0.15) is 23.2 Å². The summed E-state index contributed by atoms with van der Waals surface area (Å²) in [4.78, 5) is 22.9. The predicted octanol–water partition coefficient (Wildman–Crippen LogP) is 0.0582. The zero-order valence-corrected chi connectivity index (χ0v) is 9.90. The van der Waals surface area contributed by atoms with Gasteiger partial charge in [-0.15, -0.1) is 0 Å². The van der Waals surface area contributed by atoms with Crippen LogP contribution in [-0.2, 0) is 4.79 Å². The molecule has 6 heteroatoms. The number of hydrogen-bond donors (Lipinski definition) is 4. The van der Waals surface area contributed by atoms with Crippen molar-refractivity contribution in [2.45, 2.75) is 18.9 Å². The lowest BCUT2D eigenvalue weighted by Gasteiger charge is -2.24. The molecule has 1 atom stereocenters. The molecule has 1 fully saturated rings. The van der Waals surface area contributed by atoms with E-state index in [1.807, 2.05) is 0 Å². The van der Waals surface area contributed by atoms with Gasteiger partial charge in [-0.2, -0.15) is 0 Å². The number of primary amides is 1. The maximum absolute atomic E-state index is 11.6. The van der Waals surface area contributed by atoms with Crippen molar-refractivity contribution >= 4 is 23.2 Å². The Hall–Kier alpha value is -2.24. The summed E-state index contributed by atoms with van der Waals surface area (Å²) in [5.41, 5.74) is 12.3. The fourth-order valence-corrected chi connectivity index (χ4v) is 1.99. The lowest BCUT2D eigenvalue weighted by atomic mass is 10.0. The quantitative estimate of drug-likeness (QED) is 0.567. The van der Waals surface area contributed by atoms with E-state index in [0.717, 1.165) is 12.8 Å². The maximum Gasteiger partial charge on any atom is 0.250 e. The number of nitrogens with one attached hydrogen (secondary N) is 2. The van der Waals surface area contributed by atoms with Gasteiger partial charge in [0.25, 0.3) is 5.91 Å². The molecular formula is C12H16N4O2. The fourth-order valence-electron chi connectivity index (χ4n) is 1.99. The smallest absolute Gasteiger partial charge is 0.250 e. The summed E-state index contributed by atoms with van der Waals surface area (Å²) >= 11 is 0. The Morgan fingerprint density at radius 2 is 2.22 bits per heavy atom. The van der Waals surface area contributed by atoms with Crippen LogP contribution in [0.5, 0.6) is 0 Å². The molecule has 2 rings (SSSR count). The highest BCUT2D eigenvalue weighted by atomic mass is 16.2. The van der Waals surface area contributed by atoms with Crippen molar-refractivity contribution in [3.05, 3.63) is 23.8 Å². The molecule has 0 spiro atoms. The number of benzene rings is 1. The molecule has 96 valence electrons. The minimum atomic E-state index is -0.547. The summed E-state index contributed by atoms with van der Waals surface area (Å²) in [6.07, 6.45) is 1.62. The molecule has 1 aromatic rings. The minimum absolute atomic E-state index is 0.0703. The summed E-state index contributed by atoms with van der Waals surface area (Å²) in [7, 11) is 0. The van der Waals surface area contributed by atoms with Gasteiger partial charge in [0.15, 0.2) is 0 Å². The third-order valence-electron chi connectivity index (χ3n) is 2.92. The van der Waals surface area contributed by atoms with Crippen molar-refractivity contribution < 1.29 is 9.59 Å². The van der Waals surface area contributed by atoms with E-state index >= 15 is 0 Å². The number of amides is 2. The average Bonchev–Trinajstić information content (AvgIpc) is 2.32. The van der Waals surface area contributed by atoms with Crippen LogP contribution in [0.2, 0.25) is 0 Å². The van der Waals surface area contributed by atoms with E-state index in [-0.39, 0.29) is 11.9 Å². The zero-order valence-electron chi connectivity index (χ0n) is 9.90. The number of anilines is 2. The van der Waals surface area contributed by atoms with Crippen LogP contribution >= 0.6 is 0 Å². The standard InChI is InChI=1S/C12H16N4O2/c13-7-3-4-8(11(14)17)10(6-7)16-9-2-1-5-15-12(9)18/h3-4,6,9,16H,1-2,5,13H2,(H2,14,17)(H,15,18). The first-order valence-electron chi connectivity index (χ1n) is 5.81. The molecule has 1 aliphatic heterocycles. The Kier molecular flexibility index (Phi) is 3.36. The van der Waals surface area contributed by atoms with Crippen LogP contribution in [0, 0.1) is 0 Å². The molecule has 6 nitrogen and oxygen atoms in total. The van der Waals surface area contributed by atoms with Gasteiger partial charge in [0.05, 0.1) is 5.56 Å². The van der Waals surface area contributed by atoms with Crippen molar-refractivity contribution in [2.24, 2.45) is 5.73 Å². The summed E-state index contributed by atoms with van der Waals surface area (Å²) in [5.74, 6) is -0.618. The van der Waals surface area contributed by atoms with E-state index < -0.39 is 5.91 Å². The first-order valence-corrected chi connectivity index (χ1v) is 5.81. The Labute approximate surface area is 105 Å². The van der Waals surface area contributed by atoms with Gasteiger partial charge in [0.2, 0.25) is 5.91 Å². The van der Waals surface area contributed by atoms with Crippen molar-refractivity contribution in [1.29, 1.82) is 0 Å². The lowest BCUT2D eigenvalue weighted by Crippen LogP contribution is -2.44. The number of nitrogen functional groups attached to an aromatic ring is 1. The minimum Gasteiger partial charge on any atom is -0.399 e. The summed E-state index contributed by atoms with van der Waals surface area (Å²) in [5, 5.41) is 5.80. The van der Waals surface area contributed by atoms with Gasteiger partial charge in [0, 0.05) is 17.9 Å². The maximum atomic E-state index is 11.6. The van der Waals surface area contributed by atoms with Gasteiger partial charge in [-0.05, 0) is 31.0 Å². The van der Waals surface area contributed by atoms with Crippen molar-refractivity contribution in [3.8, 4) is 0 Å². The van der Waals surface area contributed by atoms with Crippen LogP contribution in [0.3, 0.4) is 0 Å². The Bertz CT molecular complexity index is 487. The number of rotatable bonds is 3. The molecule has 6 N–H and O–H groups in total. The molecule has 0 bridgehead atoms. The van der Waals surface area contributed by atoms with Crippen LogP contribution < -0.4 is 22.1 Å². The number of carbonyl (C=O) groups excluding carboxylic acids is 2. The van der Waals surface area contributed by atoms with Crippen LogP contribution in [0.4, 0.5) is 11.4 Å². The highest BCUT2D eigenvalue weighted by molar-refractivity contribution is 6.00. The molecule has 1 unspecified atom stereocenters. The summed E-state index contributed by atoms with van der Waals surface area (Å²) in [6, 6.07) is 4.42. The molecular weight excluding hydrogens is 232 g/mol. The predicted molar refractivity (Wildman–Crippen MR) is 69.0 cm³/mol. The fraction of sp³-hybridized carbons (Fsp3) is 0.333. The van der Waals surface area contributed by atoms with Gasteiger partial charge < -0.3 is 22.1 Å². The van der Waals surface area contributed by atoms with Crippen molar-refractivity contribution in [3.63, 3.8) is 0 Å². The average molecular weight is 248 g/mol. The van der Waals surface area contributed by atoms with Gasteiger partial charge in [-0.25, -0.2) is 0 Å². The van der Waals surface area contributed by atoms with Gasteiger partial charge in [-0.1, -0.05) is 0 Å². The molecule has 0 saturated carbocycles. The SMILES string of the molecule is NC(=O)c1ccc(N)cc1NC1CCCNC1=O. The first-order chi connectivity index (χ1) is 8.58. The second kappa shape index (κ2) is 4.95. The zero-order chi connectivity index (χ0) is 13.1. The Morgan fingerprint density at radius 1 is 1.44 bits per heavy atom. The van der Waals surface area contributed by atoms with E-state index in [1.54, 1.807) is 18.2 Å².